The number of aromatic nitrogens is 12. The number of anilines is 4. The lowest BCUT2D eigenvalue weighted by Gasteiger charge is -2.36. The second-order valence-electron chi connectivity index (χ2n) is 34.7. The normalized spacial score (nSPS) is 16.6. The predicted molar refractivity (Wildman–Crippen MR) is 518 cm³/mol. The Morgan fingerprint density at radius 1 is 0.430 bits per heavy atom. The van der Waals surface area contributed by atoms with Gasteiger partial charge in [-0.05, 0) is 261 Å². The number of likely N-dealkylation sites (tertiary alicyclic amines) is 1. The zero-order valence-corrected chi connectivity index (χ0v) is 80.4. The van der Waals surface area contributed by atoms with Gasteiger partial charge >= 0.3 is 0 Å². The van der Waals surface area contributed by atoms with Crippen molar-refractivity contribution in [1.82, 2.24) is 81.6 Å². The molecule has 0 bridgehead atoms. The van der Waals surface area contributed by atoms with Crippen LogP contribution in [0.2, 0.25) is 40.2 Å². The number of hydrogen-bond acceptors (Lipinski definition) is 25. The summed E-state index contributed by atoms with van der Waals surface area (Å²) in [5.74, 6) is 1.48. The van der Waals surface area contributed by atoms with Crippen molar-refractivity contribution in [2.75, 3.05) is 111 Å². The molecule has 1 unspecified atom stereocenters. The van der Waals surface area contributed by atoms with E-state index in [1.54, 1.807) is 53.4 Å². The van der Waals surface area contributed by atoms with Crippen LogP contribution in [0, 0.1) is 11.6 Å². The molecule has 0 spiro atoms. The first kappa shape index (κ1) is 96.2. The minimum Gasteiger partial charge on any atom is -0.419 e. The number of ketones is 2. The Morgan fingerprint density at radius 2 is 0.852 bits per heavy atom. The number of hydrogen-bond donors (Lipinski definition) is 2. The number of amides is 2. The Kier molecular flexibility index (Phi) is 31.5. The molecule has 12 aromatic rings. The number of nitrogens with zero attached hydrogens (tertiary/aromatic N) is 18. The summed E-state index contributed by atoms with van der Waals surface area (Å²) in [4.78, 5) is 68.3. The molecule has 4 saturated heterocycles. The molecule has 0 radical (unpaired) electrons. The van der Waals surface area contributed by atoms with Crippen LogP contribution >= 0.6 is 92.8 Å². The maximum Gasteiger partial charge on any atom is 0.278 e. The molecule has 2 amide bonds. The van der Waals surface area contributed by atoms with Crippen molar-refractivity contribution >= 4 is 139 Å². The van der Waals surface area contributed by atoms with Crippen molar-refractivity contribution in [1.29, 1.82) is 0 Å². The number of fused-ring (bicyclic) bond motifs is 4. The highest BCUT2D eigenvalue weighted by molar-refractivity contribution is 6.37. The Hall–Kier alpha value is -10.5. The second kappa shape index (κ2) is 44.3. The first-order valence-electron chi connectivity index (χ1n) is 45.6. The van der Waals surface area contributed by atoms with Gasteiger partial charge in [-0.15, -0.1) is 30.6 Å². The average Bonchev–Trinajstić information content (AvgIpc) is 1.45. The number of nitrogens with one attached hydrogen (secondary N) is 2. The van der Waals surface area contributed by atoms with E-state index in [4.69, 9.17) is 106 Å². The van der Waals surface area contributed by atoms with Gasteiger partial charge in [-0.3, -0.25) is 19.2 Å². The van der Waals surface area contributed by atoms with Gasteiger partial charge in [0.05, 0.1) is 80.9 Å². The number of rotatable bonds is 20. The summed E-state index contributed by atoms with van der Waals surface area (Å²) in [5.41, 5.74) is 14.6. The molecule has 2 N–H and O–H groups in total. The second-order valence-corrected chi connectivity index (χ2v) is 37.9. The monoisotopic (exact) mass is 1980 g/mol. The molecule has 14 heterocycles. The number of morpholine rings is 1. The molecule has 6 aromatic carbocycles. The smallest absolute Gasteiger partial charge is 0.278 e. The Balaban J connectivity index is 0.000000125. The zero-order valence-electron chi connectivity index (χ0n) is 74.3. The molecule has 37 heteroatoms. The summed E-state index contributed by atoms with van der Waals surface area (Å²) in [6.45, 7) is 16.0. The maximum atomic E-state index is 14.2. The van der Waals surface area contributed by atoms with E-state index in [-0.39, 0.29) is 70.0 Å². The summed E-state index contributed by atoms with van der Waals surface area (Å²) in [5, 5.41) is 57.7. The van der Waals surface area contributed by atoms with Gasteiger partial charge in [0.15, 0.2) is 28.8 Å². The lowest BCUT2D eigenvalue weighted by Crippen LogP contribution is -2.40. The third kappa shape index (κ3) is 22.8. The molecule has 8 aliphatic rings. The highest BCUT2D eigenvalue weighted by Crippen LogP contribution is 2.44. The highest BCUT2D eigenvalue weighted by Gasteiger charge is 2.35. The number of Topliss-reactive ketones (excluding diaryl/α,β-unsaturated/α-hetero) is 2. The van der Waals surface area contributed by atoms with Crippen LogP contribution in [-0.4, -0.2) is 186 Å². The zero-order chi connectivity index (χ0) is 93.9. The number of carbonyl (C=O) groups excluding carboxylic acids is 4. The average molecular weight is 1990 g/mol. The lowest BCUT2D eigenvalue weighted by atomic mass is 9.98. The number of carbonyl (C=O) groups is 4. The van der Waals surface area contributed by atoms with Crippen LogP contribution in [-0.2, 0) is 56.4 Å². The van der Waals surface area contributed by atoms with Crippen molar-refractivity contribution in [2.24, 2.45) is 0 Å². The first-order chi connectivity index (χ1) is 65.5. The van der Waals surface area contributed by atoms with Crippen LogP contribution in [0.1, 0.15) is 212 Å². The SMILES string of the molecule is CC(c1c(Cl)ccc(F)c1Cl)N1CCCc2nnc(C(=O)Cc3ccc(C(=O)N4CCCC4)cc3)cc21.C[C@H](c1c(Cl)ccc(F)c1Cl)N1CCCc2nnc(-c3nc(C4CCNCC4)no3)cc21.Clc1ccc(Cl)c(CN2CCCc3nnc(-c4nnc(C5CCNCC5)o4)cc32)c1.O=C(Cc1ccc(C(=O)N2CCOCC2)cc1)c1cc2c(nn1)CCCN2Cc1cc(Cl)ccc1Cl. The van der Waals surface area contributed by atoms with Crippen molar-refractivity contribution in [3.63, 3.8) is 0 Å². The van der Waals surface area contributed by atoms with Gasteiger partial charge in [-0.25, -0.2) is 8.78 Å². The van der Waals surface area contributed by atoms with Crippen molar-refractivity contribution in [2.45, 2.75) is 154 Å². The number of ether oxygens (including phenoxy) is 1. The van der Waals surface area contributed by atoms with Crippen LogP contribution in [0.25, 0.3) is 23.2 Å². The Morgan fingerprint density at radius 3 is 1.36 bits per heavy atom. The van der Waals surface area contributed by atoms with Gasteiger partial charge in [0.25, 0.3) is 23.6 Å². The van der Waals surface area contributed by atoms with E-state index < -0.39 is 11.6 Å². The van der Waals surface area contributed by atoms with E-state index in [1.165, 1.54) is 24.3 Å². The third-order valence-corrected chi connectivity index (χ3v) is 28.4. The molecule has 2 atom stereocenters. The Labute approximate surface area is 820 Å². The minimum atomic E-state index is -0.526. The molecule has 4 fully saturated rings. The molecule has 0 saturated carbocycles. The van der Waals surface area contributed by atoms with Gasteiger partial charge < -0.3 is 53.7 Å². The Bertz CT molecular complexity index is 6300. The number of halogens is 10. The van der Waals surface area contributed by atoms with Crippen LogP contribution in [0.15, 0.2) is 142 Å². The van der Waals surface area contributed by atoms with Crippen LogP contribution in [0.5, 0.6) is 0 Å². The first-order valence-corrected chi connectivity index (χ1v) is 48.7. The molecule has 27 nitrogen and oxygen atoms in total. The highest BCUT2D eigenvalue weighted by atomic mass is 35.5. The van der Waals surface area contributed by atoms with Crippen molar-refractivity contribution in [3.05, 3.63) is 276 Å². The topological polar surface area (TPSA) is 302 Å². The van der Waals surface area contributed by atoms with Gasteiger partial charge in [0, 0.05) is 143 Å². The fourth-order valence-corrected chi connectivity index (χ4v) is 20.5. The van der Waals surface area contributed by atoms with Crippen molar-refractivity contribution < 1.29 is 41.6 Å². The van der Waals surface area contributed by atoms with Crippen LogP contribution in [0.4, 0.5) is 31.5 Å². The molecule has 135 heavy (non-hydrogen) atoms. The lowest BCUT2D eigenvalue weighted by molar-refractivity contribution is 0.0303. The van der Waals surface area contributed by atoms with E-state index >= 15 is 0 Å². The summed E-state index contributed by atoms with van der Waals surface area (Å²) in [6.07, 6.45) is 13.3. The van der Waals surface area contributed by atoms with Crippen LogP contribution < -0.4 is 30.2 Å². The van der Waals surface area contributed by atoms with E-state index in [0.29, 0.717) is 145 Å². The standard InChI is InChI=1S/C28H27Cl2FN4O2.C27H26Cl2N4O3.C22H23Cl2FN6O.C21H22Cl2N6O/c1-17(26-20(29)10-11-21(31)27(26)30)35-14-4-5-22-24(35)16-23(33-32-22)25(36)15-18-6-8-19(9-7-18)28(37)34-12-2-3-13-34;28-21-7-8-22(29)20(15-21)17-33-9-1-2-23-25(33)16-24(31-30-23)26(34)14-18-3-5-19(6-4-18)27(35)32-10-12-36-13-11-32;1-12(19-14(23)4-5-15(25)20(19)24)31-10-2-3-16-18(31)11-17(29-28-16)22-27-21(30-32-22)13-6-8-26-9-7-13;22-15-3-4-16(23)14(10-15)12-29-9-1-2-17-19(29)11-18(26-25-17)21-28-27-20(30-21)13-5-7-24-8-6-13/h6-11,16-17H,2-5,12-15H2,1H3;3-8,15-16H,1-2,9-14,17H2;4-5,11-13,26H,2-3,6-10H2,1H3;3-4,10-11,13,24H,1-2,5-9,12H2/t;;12-;/m..1./s1. The molecular weight excluding hydrogens is 1890 g/mol. The molecule has 0 aliphatic carbocycles. The third-order valence-electron chi connectivity index (χ3n) is 25.8. The minimum absolute atomic E-state index is 0.00269. The van der Waals surface area contributed by atoms with E-state index in [2.05, 4.69) is 91.4 Å². The van der Waals surface area contributed by atoms with Crippen LogP contribution in [0.3, 0.4) is 0 Å². The largest absolute Gasteiger partial charge is 0.419 e. The van der Waals surface area contributed by atoms with E-state index in [0.717, 1.165) is 217 Å². The summed E-state index contributed by atoms with van der Waals surface area (Å²) >= 11 is 50.5. The molecule has 20 rings (SSSR count). The molecule has 8 aliphatic heterocycles. The quantitative estimate of drug-likeness (QED) is 0.0529. The van der Waals surface area contributed by atoms with E-state index in [1.807, 2.05) is 79.4 Å². The number of piperidine rings is 2. The van der Waals surface area contributed by atoms with Gasteiger partial charge in [-0.2, -0.15) is 25.4 Å². The molecule has 6 aromatic heterocycles. The number of benzene rings is 6. The molecule has 702 valence electrons. The maximum absolute atomic E-state index is 14.2. The summed E-state index contributed by atoms with van der Waals surface area (Å²) in [7, 11) is 0. The van der Waals surface area contributed by atoms with Crippen molar-refractivity contribution in [3.8, 4) is 23.2 Å². The summed E-state index contributed by atoms with van der Waals surface area (Å²) in [6, 6.07) is 37.9. The molecular formula is C98H98Cl8F2N20O7. The predicted octanol–water partition coefficient (Wildman–Crippen LogP) is 19.9. The fourth-order valence-electron chi connectivity index (χ4n) is 18.4. The van der Waals surface area contributed by atoms with Gasteiger partial charge in [0.1, 0.15) is 23.0 Å². The fraction of sp³-hybridized carbons (Fsp3) is 0.388. The summed E-state index contributed by atoms with van der Waals surface area (Å²) < 4.78 is 45.2. The van der Waals surface area contributed by atoms with Gasteiger partial charge in [0.2, 0.25) is 5.89 Å². The number of aryl methyl sites for hydroxylation is 4. The van der Waals surface area contributed by atoms with Gasteiger partial charge in [-0.1, -0.05) is 122 Å². The van der Waals surface area contributed by atoms with E-state index in [9.17, 15) is 28.0 Å².